The molecule has 0 aromatic rings. The third kappa shape index (κ3) is 8.75. The van der Waals surface area contributed by atoms with Gasteiger partial charge in [-0.3, -0.25) is 10.1 Å². The Morgan fingerprint density at radius 2 is 2.08 bits per heavy atom. The van der Waals surface area contributed by atoms with Crippen LogP contribution in [0.4, 0.5) is 0 Å². The van der Waals surface area contributed by atoms with Gasteiger partial charge in [0, 0.05) is 12.6 Å². The molecule has 76 valence electrons. The van der Waals surface area contributed by atoms with Crippen LogP contribution in [0, 0.1) is 10.1 Å². The summed E-state index contributed by atoms with van der Waals surface area (Å²) in [6.07, 6.45) is 4.65. The lowest BCUT2D eigenvalue weighted by Gasteiger charge is -1.89. The van der Waals surface area contributed by atoms with Crippen molar-refractivity contribution in [1.29, 1.82) is 0 Å². The van der Waals surface area contributed by atoms with Gasteiger partial charge in [-0.05, 0) is 20.0 Å². The van der Waals surface area contributed by atoms with E-state index in [0.29, 0.717) is 6.54 Å². The number of hydrogen-bond donors (Lipinski definition) is 1. The van der Waals surface area contributed by atoms with Crippen LogP contribution in [0.3, 0.4) is 0 Å². The van der Waals surface area contributed by atoms with Crippen LogP contribution in [0.15, 0.2) is 23.9 Å². The van der Waals surface area contributed by atoms with Crippen molar-refractivity contribution in [1.82, 2.24) is 5.32 Å². The van der Waals surface area contributed by atoms with Crippen molar-refractivity contribution in [3.05, 3.63) is 34.0 Å². The monoisotopic (exact) mass is 186 g/mol. The molecule has 0 aliphatic heterocycles. The lowest BCUT2D eigenvalue weighted by molar-refractivity contribution is -0.419. The zero-order valence-electron chi connectivity index (χ0n) is 8.70. The van der Waals surface area contributed by atoms with Crippen molar-refractivity contribution >= 4 is 0 Å². The Balaban J connectivity index is 0. The van der Waals surface area contributed by atoms with Gasteiger partial charge in [-0.25, -0.2) is 0 Å². The van der Waals surface area contributed by atoms with E-state index in [2.05, 4.69) is 5.32 Å². The summed E-state index contributed by atoms with van der Waals surface area (Å²) in [6, 6.07) is 0. The van der Waals surface area contributed by atoms with E-state index in [9.17, 15) is 10.1 Å². The number of nitro groups is 1. The first-order valence-electron chi connectivity index (χ1n) is 4.34. The van der Waals surface area contributed by atoms with Crippen LogP contribution in [-0.2, 0) is 0 Å². The van der Waals surface area contributed by atoms with E-state index in [-0.39, 0.29) is 5.70 Å². The van der Waals surface area contributed by atoms with Crippen molar-refractivity contribution < 1.29 is 4.92 Å². The van der Waals surface area contributed by atoms with Crippen LogP contribution in [0.5, 0.6) is 0 Å². The molecule has 0 heterocycles. The molecule has 0 aliphatic carbocycles. The minimum atomic E-state index is -0.411. The zero-order chi connectivity index (χ0) is 10.7. The smallest absolute Gasteiger partial charge is 0.264 e. The summed E-state index contributed by atoms with van der Waals surface area (Å²) < 4.78 is 0. The van der Waals surface area contributed by atoms with Crippen LogP contribution in [0.2, 0.25) is 0 Å². The van der Waals surface area contributed by atoms with Gasteiger partial charge < -0.3 is 5.32 Å². The number of likely N-dealkylation sites (N-methyl/N-ethyl adjacent to an activating group) is 1. The van der Waals surface area contributed by atoms with Gasteiger partial charge in [0.1, 0.15) is 0 Å². The lowest BCUT2D eigenvalue weighted by Crippen LogP contribution is -2.04. The fraction of sp³-hybridized carbons (Fsp3) is 0.556. The second kappa shape index (κ2) is 10.8. The Kier molecular flexibility index (Phi) is 12.0. The second-order valence-electron chi connectivity index (χ2n) is 1.93. The standard InChI is InChI=1S/C7H12N2O2.C2H6/c1-3-7(9(10)11)5-4-6-8-2;1-2/h3-5,8H,6H2,1-2H3;1-2H3/b5-4-,7-3+;. The molecule has 0 spiro atoms. The fourth-order valence-corrected chi connectivity index (χ4v) is 0.560. The molecule has 0 aromatic heterocycles. The summed E-state index contributed by atoms with van der Waals surface area (Å²) in [4.78, 5) is 9.78. The Hall–Kier alpha value is -1.16. The molecule has 0 fully saturated rings. The average Bonchev–Trinajstić information content (AvgIpc) is 2.15. The van der Waals surface area contributed by atoms with Gasteiger partial charge in [-0.1, -0.05) is 19.9 Å². The van der Waals surface area contributed by atoms with Crippen LogP contribution in [0.1, 0.15) is 20.8 Å². The molecule has 0 saturated heterocycles. The maximum Gasteiger partial charge on any atom is 0.264 e. The van der Waals surface area contributed by atoms with Gasteiger partial charge in [0.2, 0.25) is 0 Å². The van der Waals surface area contributed by atoms with E-state index < -0.39 is 4.92 Å². The molecule has 0 amide bonds. The summed E-state index contributed by atoms with van der Waals surface area (Å²) in [5, 5.41) is 13.0. The highest BCUT2D eigenvalue weighted by molar-refractivity contribution is 5.09. The normalized spacial score (nSPS) is 10.9. The molecule has 0 rings (SSSR count). The van der Waals surface area contributed by atoms with Crippen molar-refractivity contribution in [3.63, 3.8) is 0 Å². The molecule has 4 heteroatoms. The highest BCUT2D eigenvalue weighted by Gasteiger charge is 2.00. The van der Waals surface area contributed by atoms with Crippen molar-refractivity contribution in [3.8, 4) is 0 Å². The highest BCUT2D eigenvalue weighted by atomic mass is 16.6. The third-order valence-corrected chi connectivity index (χ3v) is 1.12. The third-order valence-electron chi connectivity index (χ3n) is 1.12. The summed E-state index contributed by atoms with van der Waals surface area (Å²) in [7, 11) is 1.78. The molecule has 0 aliphatic rings. The van der Waals surface area contributed by atoms with E-state index in [1.807, 2.05) is 13.8 Å². The second-order valence-corrected chi connectivity index (χ2v) is 1.93. The molecule has 1 N–H and O–H groups in total. The van der Waals surface area contributed by atoms with Crippen LogP contribution < -0.4 is 5.32 Å². The lowest BCUT2D eigenvalue weighted by atomic mass is 10.3. The molecule has 13 heavy (non-hydrogen) atoms. The quantitative estimate of drug-likeness (QED) is 0.415. The van der Waals surface area contributed by atoms with Gasteiger partial charge in [0.05, 0.1) is 4.92 Å². The van der Waals surface area contributed by atoms with Crippen molar-refractivity contribution in [2.45, 2.75) is 20.8 Å². The Labute approximate surface area is 79.5 Å². The molecule has 0 unspecified atom stereocenters. The number of nitrogens with one attached hydrogen (secondary N) is 1. The number of nitrogens with zero attached hydrogens (tertiary/aromatic N) is 1. The minimum Gasteiger partial charge on any atom is -0.316 e. The van der Waals surface area contributed by atoms with Crippen LogP contribution >= 0.6 is 0 Å². The van der Waals surface area contributed by atoms with Gasteiger partial charge in [0.25, 0.3) is 5.70 Å². The van der Waals surface area contributed by atoms with E-state index in [1.165, 1.54) is 12.2 Å². The Morgan fingerprint density at radius 1 is 1.54 bits per heavy atom. The van der Waals surface area contributed by atoms with Gasteiger partial charge in [0.15, 0.2) is 0 Å². The highest BCUT2D eigenvalue weighted by Crippen LogP contribution is 1.95. The van der Waals surface area contributed by atoms with Gasteiger partial charge >= 0.3 is 0 Å². The summed E-state index contributed by atoms with van der Waals surface area (Å²) in [5.74, 6) is 0. The first-order chi connectivity index (χ1) is 6.22. The average molecular weight is 186 g/mol. The van der Waals surface area contributed by atoms with Crippen LogP contribution in [-0.4, -0.2) is 18.5 Å². The molecule has 0 aromatic carbocycles. The summed E-state index contributed by atoms with van der Waals surface area (Å²) in [5.41, 5.74) is 0.125. The molecule has 0 radical (unpaired) electrons. The van der Waals surface area contributed by atoms with E-state index >= 15 is 0 Å². The van der Waals surface area contributed by atoms with E-state index in [0.717, 1.165) is 0 Å². The minimum absolute atomic E-state index is 0.125. The SMILES string of the molecule is C/C=C(\C=C/CNC)[N+](=O)[O-].CC. The van der Waals surface area contributed by atoms with Gasteiger partial charge in [-0.2, -0.15) is 0 Å². The predicted molar refractivity (Wildman–Crippen MR) is 55.2 cm³/mol. The fourth-order valence-electron chi connectivity index (χ4n) is 0.560. The molecule has 4 nitrogen and oxygen atoms in total. The van der Waals surface area contributed by atoms with Crippen LogP contribution in [0.25, 0.3) is 0 Å². The molecule has 0 atom stereocenters. The largest absolute Gasteiger partial charge is 0.316 e. The first kappa shape index (κ1) is 14.4. The number of rotatable bonds is 4. The topological polar surface area (TPSA) is 55.2 Å². The number of allylic oxidation sites excluding steroid dienone is 2. The summed E-state index contributed by atoms with van der Waals surface area (Å²) >= 11 is 0. The van der Waals surface area contributed by atoms with E-state index in [1.54, 1.807) is 20.0 Å². The van der Waals surface area contributed by atoms with E-state index in [4.69, 9.17) is 0 Å². The molecule has 0 bridgehead atoms. The molecular formula is C9H18N2O2. The van der Waals surface area contributed by atoms with Gasteiger partial charge in [-0.15, -0.1) is 0 Å². The van der Waals surface area contributed by atoms with Crippen molar-refractivity contribution in [2.24, 2.45) is 0 Å². The number of hydrogen-bond acceptors (Lipinski definition) is 3. The Morgan fingerprint density at radius 3 is 2.38 bits per heavy atom. The van der Waals surface area contributed by atoms with Crippen molar-refractivity contribution in [2.75, 3.05) is 13.6 Å². The maximum absolute atomic E-state index is 10.2. The zero-order valence-corrected chi connectivity index (χ0v) is 8.70. The first-order valence-corrected chi connectivity index (χ1v) is 4.34. The maximum atomic E-state index is 10.2. The molecular weight excluding hydrogens is 168 g/mol. The summed E-state index contributed by atoms with van der Waals surface area (Å²) in [6.45, 7) is 6.28. The predicted octanol–water partition coefficient (Wildman–Crippen LogP) is 1.97. The molecule has 0 saturated carbocycles. The Bertz CT molecular complexity index is 186.